The van der Waals surface area contributed by atoms with Crippen LogP contribution in [0.25, 0.3) is 11.1 Å². The van der Waals surface area contributed by atoms with Gasteiger partial charge in [-0.3, -0.25) is 9.48 Å². The number of ether oxygens (including phenoxy) is 1. The molecule has 35 heavy (non-hydrogen) atoms. The van der Waals surface area contributed by atoms with Crippen molar-refractivity contribution in [3.63, 3.8) is 0 Å². The quantitative estimate of drug-likeness (QED) is 0.452. The van der Waals surface area contributed by atoms with Crippen LogP contribution in [0.5, 0.6) is 0 Å². The van der Waals surface area contributed by atoms with Gasteiger partial charge in [-0.05, 0) is 34.6 Å². The second kappa shape index (κ2) is 10.0. The highest BCUT2D eigenvalue weighted by molar-refractivity contribution is 6.01. The molecule has 2 aromatic carbocycles. The smallest absolute Gasteiger partial charge is 0.407 e. The van der Waals surface area contributed by atoms with E-state index in [4.69, 9.17) is 4.74 Å². The minimum absolute atomic E-state index is 0.0630. The molecule has 182 valence electrons. The largest absolute Gasteiger partial charge is 0.476 e. The maximum absolute atomic E-state index is 12.9. The Hall–Kier alpha value is -4.14. The van der Waals surface area contributed by atoms with Crippen LogP contribution in [0.1, 0.15) is 47.8 Å². The summed E-state index contributed by atoms with van der Waals surface area (Å²) in [6.45, 7) is 3.97. The lowest BCUT2D eigenvalue weighted by atomic mass is 9.98. The number of hydrogen-bond acceptors (Lipinski definition) is 5. The predicted molar refractivity (Wildman–Crippen MR) is 130 cm³/mol. The standard InChI is InChI=1S/C26H28N4O5/c1-15(2)12-21(24(31)28-22-13-27-30(3)23(22)25(32)33)29-26(34)35-14-20-18-10-6-4-8-16(18)17-9-5-7-11-19(17)20/h4-11,13,15,20-21H,12,14H2,1-3H3,(H,28,31)(H,29,34)(H,32,33)/t21-/m0/s1. The number of amides is 2. The van der Waals surface area contributed by atoms with Gasteiger partial charge in [-0.2, -0.15) is 5.10 Å². The SMILES string of the molecule is CC(C)C[C@H](NC(=O)OCC1c2ccccc2-c2ccccc21)C(=O)Nc1cnn(C)c1C(=O)O. The number of alkyl carbamates (subject to hydrolysis) is 1. The Bertz CT molecular complexity index is 1220. The molecule has 9 heteroatoms. The second-order valence-electron chi connectivity index (χ2n) is 8.98. The number of carboxylic acids is 1. The molecule has 0 bridgehead atoms. The molecular weight excluding hydrogens is 448 g/mol. The number of rotatable bonds is 8. The van der Waals surface area contributed by atoms with Crippen LogP contribution in [0.2, 0.25) is 0 Å². The first-order valence-corrected chi connectivity index (χ1v) is 11.4. The highest BCUT2D eigenvalue weighted by Crippen LogP contribution is 2.44. The Morgan fingerprint density at radius 3 is 2.23 bits per heavy atom. The molecule has 3 aromatic rings. The van der Waals surface area contributed by atoms with Crippen molar-refractivity contribution >= 4 is 23.7 Å². The molecule has 2 amide bonds. The van der Waals surface area contributed by atoms with E-state index in [2.05, 4.69) is 27.9 Å². The summed E-state index contributed by atoms with van der Waals surface area (Å²) in [6.07, 6.45) is 0.900. The molecule has 4 rings (SSSR count). The van der Waals surface area contributed by atoms with Crippen molar-refractivity contribution < 1.29 is 24.2 Å². The highest BCUT2D eigenvalue weighted by Gasteiger charge is 2.30. The van der Waals surface area contributed by atoms with Crippen molar-refractivity contribution in [2.24, 2.45) is 13.0 Å². The van der Waals surface area contributed by atoms with E-state index in [0.717, 1.165) is 26.9 Å². The Balaban J connectivity index is 1.44. The molecule has 0 radical (unpaired) electrons. The number of nitrogens with one attached hydrogen (secondary N) is 2. The molecule has 3 N–H and O–H groups in total. The highest BCUT2D eigenvalue weighted by atomic mass is 16.5. The number of carboxylic acid groups (broad SMARTS) is 1. The fourth-order valence-corrected chi connectivity index (χ4v) is 4.49. The topological polar surface area (TPSA) is 123 Å². The lowest BCUT2D eigenvalue weighted by Crippen LogP contribution is -2.45. The van der Waals surface area contributed by atoms with Gasteiger partial charge in [0.1, 0.15) is 12.6 Å². The third-order valence-corrected chi connectivity index (χ3v) is 6.06. The number of carbonyl (C=O) groups is 3. The molecule has 1 heterocycles. The number of benzene rings is 2. The molecule has 0 saturated carbocycles. The number of hydrogen-bond donors (Lipinski definition) is 3. The Kier molecular flexibility index (Phi) is 6.86. The lowest BCUT2D eigenvalue weighted by molar-refractivity contribution is -0.118. The van der Waals surface area contributed by atoms with Gasteiger partial charge in [0.25, 0.3) is 0 Å². The average molecular weight is 477 g/mol. The zero-order chi connectivity index (χ0) is 25.1. The van der Waals surface area contributed by atoms with E-state index in [1.165, 1.54) is 13.2 Å². The molecule has 1 atom stereocenters. The van der Waals surface area contributed by atoms with Crippen molar-refractivity contribution in [1.29, 1.82) is 0 Å². The van der Waals surface area contributed by atoms with Gasteiger partial charge in [0.2, 0.25) is 5.91 Å². The van der Waals surface area contributed by atoms with E-state index in [0.29, 0.717) is 6.42 Å². The molecular formula is C26H28N4O5. The lowest BCUT2D eigenvalue weighted by Gasteiger charge is -2.21. The van der Waals surface area contributed by atoms with Crippen LogP contribution in [0.4, 0.5) is 10.5 Å². The molecule has 1 aromatic heterocycles. The van der Waals surface area contributed by atoms with Crippen molar-refractivity contribution in [3.8, 4) is 11.1 Å². The minimum Gasteiger partial charge on any atom is -0.476 e. The maximum atomic E-state index is 12.9. The van der Waals surface area contributed by atoms with Gasteiger partial charge >= 0.3 is 12.1 Å². The van der Waals surface area contributed by atoms with Gasteiger partial charge in [-0.25, -0.2) is 9.59 Å². The molecule has 9 nitrogen and oxygen atoms in total. The first-order chi connectivity index (χ1) is 16.8. The maximum Gasteiger partial charge on any atom is 0.407 e. The van der Waals surface area contributed by atoms with E-state index in [1.807, 2.05) is 50.2 Å². The summed E-state index contributed by atoms with van der Waals surface area (Å²) < 4.78 is 6.74. The minimum atomic E-state index is -1.22. The summed E-state index contributed by atoms with van der Waals surface area (Å²) in [7, 11) is 1.47. The first-order valence-electron chi connectivity index (χ1n) is 11.4. The summed E-state index contributed by atoms with van der Waals surface area (Å²) >= 11 is 0. The predicted octanol–water partition coefficient (Wildman–Crippen LogP) is 4.01. The molecule has 0 fully saturated rings. The van der Waals surface area contributed by atoms with Crippen LogP contribution < -0.4 is 10.6 Å². The molecule has 1 aliphatic carbocycles. The summed E-state index contributed by atoms with van der Waals surface area (Å²) in [4.78, 5) is 37.2. The number of aryl methyl sites for hydroxylation is 1. The van der Waals surface area contributed by atoms with Crippen LogP contribution in [0.15, 0.2) is 54.7 Å². The van der Waals surface area contributed by atoms with Crippen molar-refractivity contribution in [2.75, 3.05) is 11.9 Å². The third-order valence-electron chi connectivity index (χ3n) is 6.06. The summed E-state index contributed by atoms with van der Waals surface area (Å²) in [5.74, 6) is -1.76. The van der Waals surface area contributed by atoms with E-state index >= 15 is 0 Å². The van der Waals surface area contributed by atoms with E-state index in [1.54, 1.807) is 0 Å². The molecule has 0 spiro atoms. The fraction of sp³-hybridized carbons (Fsp3) is 0.308. The van der Waals surface area contributed by atoms with Crippen LogP contribution in [0.3, 0.4) is 0 Å². The Morgan fingerprint density at radius 1 is 1.06 bits per heavy atom. The fourth-order valence-electron chi connectivity index (χ4n) is 4.49. The van der Waals surface area contributed by atoms with E-state index in [9.17, 15) is 19.5 Å². The van der Waals surface area contributed by atoms with Gasteiger partial charge < -0.3 is 20.5 Å². The number of carbonyl (C=O) groups excluding carboxylic acids is 2. The summed E-state index contributed by atoms with van der Waals surface area (Å²) in [6, 6.07) is 15.2. The van der Waals surface area contributed by atoms with Gasteiger partial charge in [-0.15, -0.1) is 0 Å². The van der Waals surface area contributed by atoms with Gasteiger partial charge in [0, 0.05) is 13.0 Å². The Labute approximate surface area is 203 Å². The zero-order valence-corrected chi connectivity index (χ0v) is 19.8. The number of aromatic nitrogens is 2. The summed E-state index contributed by atoms with van der Waals surface area (Å²) in [5.41, 5.74) is 4.35. The average Bonchev–Trinajstić information content (AvgIpc) is 3.34. The van der Waals surface area contributed by atoms with Crippen LogP contribution in [0, 0.1) is 5.92 Å². The molecule has 0 saturated heterocycles. The van der Waals surface area contributed by atoms with Crippen molar-refractivity contribution in [2.45, 2.75) is 32.2 Å². The molecule has 0 aliphatic heterocycles. The van der Waals surface area contributed by atoms with Crippen LogP contribution in [-0.2, 0) is 16.6 Å². The van der Waals surface area contributed by atoms with E-state index in [-0.39, 0.29) is 29.8 Å². The second-order valence-corrected chi connectivity index (χ2v) is 8.98. The Morgan fingerprint density at radius 2 is 1.66 bits per heavy atom. The number of fused-ring (bicyclic) bond motifs is 3. The third kappa shape index (κ3) is 5.03. The first kappa shape index (κ1) is 24.0. The van der Waals surface area contributed by atoms with Crippen molar-refractivity contribution in [1.82, 2.24) is 15.1 Å². The number of anilines is 1. The van der Waals surface area contributed by atoms with Gasteiger partial charge in [0.05, 0.1) is 11.9 Å². The molecule has 1 aliphatic rings. The van der Waals surface area contributed by atoms with Crippen LogP contribution in [-0.4, -0.2) is 45.5 Å². The van der Waals surface area contributed by atoms with Gasteiger partial charge in [-0.1, -0.05) is 62.4 Å². The number of aromatic carboxylic acids is 1. The zero-order valence-electron chi connectivity index (χ0n) is 19.8. The number of nitrogens with zero attached hydrogens (tertiary/aromatic N) is 2. The van der Waals surface area contributed by atoms with Gasteiger partial charge in [0.15, 0.2) is 5.69 Å². The van der Waals surface area contributed by atoms with Crippen molar-refractivity contribution in [3.05, 3.63) is 71.5 Å². The normalized spacial score (nSPS) is 13.1. The van der Waals surface area contributed by atoms with E-state index < -0.39 is 24.0 Å². The monoisotopic (exact) mass is 476 g/mol. The summed E-state index contributed by atoms with van der Waals surface area (Å²) in [5, 5.41) is 18.5. The van der Waals surface area contributed by atoms with Crippen LogP contribution >= 0.6 is 0 Å². The molecule has 0 unspecified atom stereocenters.